The predicted octanol–water partition coefficient (Wildman–Crippen LogP) is -1.33. The van der Waals surface area contributed by atoms with Crippen LogP contribution in [-0.2, 0) is 9.59 Å². The van der Waals surface area contributed by atoms with Gasteiger partial charge in [0.05, 0.1) is 0 Å². The molecule has 1 fully saturated rings. The molecular weight excluding hydrogens is 170 g/mol. The molecule has 0 aromatic heterocycles. The number of amides is 2. The second-order valence-corrected chi connectivity index (χ2v) is 3.34. The molecule has 0 spiro atoms. The number of rotatable bonds is 1. The van der Waals surface area contributed by atoms with Crippen LogP contribution in [0.5, 0.6) is 0 Å². The normalized spacial score (nSPS) is 18.7. The molecule has 1 aliphatic heterocycles. The molecular formula is C8H15N3O2. The number of piperidine rings is 1. The van der Waals surface area contributed by atoms with Crippen molar-refractivity contribution in [3.8, 4) is 0 Å². The maximum atomic E-state index is 11.1. The Morgan fingerprint density at radius 1 is 1.31 bits per heavy atom. The topological polar surface area (TPSA) is 89.4 Å². The van der Waals surface area contributed by atoms with Gasteiger partial charge in [-0.1, -0.05) is 0 Å². The van der Waals surface area contributed by atoms with Gasteiger partial charge in [-0.05, 0) is 25.3 Å². The Balaban J connectivity index is 2.41. The quantitative estimate of drug-likeness (QED) is 0.496. The van der Waals surface area contributed by atoms with Gasteiger partial charge >= 0.3 is 11.8 Å². The van der Waals surface area contributed by atoms with Crippen LogP contribution >= 0.6 is 0 Å². The Hall–Kier alpha value is -1.10. The Bertz CT molecular complexity index is 209. The number of hydrogen-bond acceptors (Lipinski definition) is 3. The average molecular weight is 185 g/mol. The van der Waals surface area contributed by atoms with Crippen LogP contribution in [0.4, 0.5) is 0 Å². The van der Waals surface area contributed by atoms with Crippen LogP contribution in [0, 0.1) is 5.92 Å². The van der Waals surface area contributed by atoms with E-state index in [-0.39, 0.29) is 0 Å². The maximum absolute atomic E-state index is 11.1. The third kappa shape index (κ3) is 2.42. The molecule has 0 aromatic rings. The lowest BCUT2D eigenvalue weighted by Gasteiger charge is -2.30. The van der Waals surface area contributed by atoms with Gasteiger partial charge in [0.2, 0.25) is 0 Å². The highest BCUT2D eigenvalue weighted by Gasteiger charge is 2.24. The molecule has 0 aliphatic carbocycles. The van der Waals surface area contributed by atoms with Gasteiger partial charge < -0.3 is 16.4 Å². The highest BCUT2D eigenvalue weighted by molar-refractivity contribution is 6.34. The first-order chi connectivity index (χ1) is 6.15. The van der Waals surface area contributed by atoms with Gasteiger partial charge in [0.1, 0.15) is 0 Å². The van der Waals surface area contributed by atoms with E-state index < -0.39 is 11.8 Å². The van der Waals surface area contributed by atoms with Crippen LogP contribution < -0.4 is 11.5 Å². The van der Waals surface area contributed by atoms with E-state index in [4.69, 9.17) is 11.5 Å². The summed E-state index contributed by atoms with van der Waals surface area (Å²) in [5.41, 5.74) is 10.4. The van der Waals surface area contributed by atoms with Gasteiger partial charge in [-0.15, -0.1) is 0 Å². The molecule has 1 aliphatic rings. The molecule has 5 nitrogen and oxygen atoms in total. The average Bonchev–Trinajstić information content (AvgIpc) is 2.17. The van der Waals surface area contributed by atoms with Gasteiger partial charge in [-0.25, -0.2) is 0 Å². The Kier molecular flexibility index (Phi) is 3.25. The van der Waals surface area contributed by atoms with Crippen LogP contribution in [0.25, 0.3) is 0 Å². The standard InChI is InChI=1S/C8H15N3O2/c9-5-6-1-3-11(4-2-6)8(13)7(10)12/h6H,1-5,9H2,(H2,10,12). The molecule has 13 heavy (non-hydrogen) atoms. The molecule has 0 bridgehead atoms. The third-order valence-corrected chi connectivity index (χ3v) is 2.45. The van der Waals surface area contributed by atoms with E-state index in [0.717, 1.165) is 12.8 Å². The van der Waals surface area contributed by atoms with Gasteiger partial charge in [-0.3, -0.25) is 9.59 Å². The van der Waals surface area contributed by atoms with Gasteiger partial charge in [0.25, 0.3) is 0 Å². The van der Waals surface area contributed by atoms with Crippen LogP contribution in [0.15, 0.2) is 0 Å². The van der Waals surface area contributed by atoms with Crippen molar-refractivity contribution in [1.29, 1.82) is 0 Å². The van der Waals surface area contributed by atoms with Crippen molar-refractivity contribution in [2.45, 2.75) is 12.8 Å². The van der Waals surface area contributed by atoms with Gasteiger partial charge in [0.15, 0.2) is 0 Å². The molecule has 74 valence electrons. The van der Waals surface area contributed by atoms with E-state index in [1.54, 1.807) is 0 Å². The Morgan fingerprint density at radius 2 is 1.85 bits per heavy atom. The first-order valence-corrected chi connectivity index (χ1v) is 4.44. The summed E-state index contributed by atoms with van der Waals surface area (Å²) in [6.07, 6.45) is 1.74. The summed E-state index contributed by atoms with van der Waals surface area (Å²) in [4.78, 5) is 23.2. The van der Waals surface area contributed by atoms with Crippen molar-refractivity contribution in [3.63, 3.8) is 0 Å². The zero-order chi connectivity index (χ0) is 9.84. The first kappa shape index (κ1) is 9.98. The molecule has 0 atom stereocenters. The fourth-order valence-electron chi connectivity index (χ4n) is 1.53. The third-order valence-electron chi connectivity index (χ3n) is 2.45. The largest absolute Gasteiger partial charge is 0.361 e. The summed E-state index contributed by atoms with van der Waals surface area (Å²) in [5, 5.41) is 0. The second kappa shape index (κ2) is 4.23. The first-order valence-electron chi connectivity index (χ1n) is 4.44. The second-order valence-electron chi connectivity index (χ2n) is 3.34. The van der Waals surface area contributed by atoms with Crippen LogP contribution in [0.2, 0.25) is 0 Å². The van der Waals surface area contributed by atoms with Crippen molar-refractivity contribution < 1.29 is 9.59 Å². The zero-order valence-electron chi connectivity index (χ0n) is 7.53. The van der Waals surface area contributed by atoms with Gasteiger partial charge in [0, 0.05) is 13.1 Å². The fourth-order valence-corrected chi connectivity index (χ4v) is 1.53. The summed E-state index contributed by atoms with van der Waals surface area (Å²) >= 11 is 0. The highest BCUT2D eigenvalue weighted by atomic mass is 16.2. The lowest BCUT2D eigenvalue weighted by atomic mass is 9.97. The molecule has 1 rings (SSSR count). The van der Waals surface area contributed by atoms with Crippen LogP contribution in [-0.4, -0.2) is 36.3 Å². The molecule has 0 saturated carbocycles. The van der Waals surface area contributed by atoms with Crippen molar-refractivity contribution in [3.05, 3.63) is 0 Å². The number of nitrogens with two attached hydrogens (primary N) is 2. The molecule has 1 saturated heterocycles. The van der Waals surface area contributed by atoms with E-state index in [0.29, 0.717) is 25.6 Å². The zero-order valence-corrected chi connectivity index (χ0v) is 7.53. The molecule has 0 radical (unpaired) electrons. The van der Waals surface area contributed by atoms with Gasteiger partial charge in [-0.2, -0.15) is 0 Å². The van der Waals surface area contributed by atoms with E-state index in [1.165, 1.54) is 4.90 Å². The summed E-state index contributed by atoms with van der Waals surface area (Å²) < 4.78 is 0. The Labute approximate surface area is 77.1 Å². The number of nitrogens with zero attached hydrogens (tertiary/aromatic N) is 1. The minimum absolute atomic E-state index is 0.483. The van der Waals surface area contributed by atoms with Crippen LogP contribution in [0.3, 0.4) is 0 Å². The lowest BCUT2D eigenvalue weighted by Crippen LogP contribution is -2.45. The Morgan fingerprint density at radius 3 is 2.23 bits per heavy atom. The minimum atomic E-state index is -0.869. The molecule has 1 heterocycles. The number of carbonyl (C=O) groups is 2. The number of hydrogen-bond donors (Lipinski definition) is 2. The van der Waals surface area contributed by atoms with Crippen molar-refractivity contribution in [1.82, 2.24) is 4.90 Å². The highest BCUT2D eigenvalue weighted by Crippen LogP contribution is 2.15. The van der Waals surface area contributed by atoms with E-state index >= 15 is 0 Å². The smallest absolute Gasteiger partial charge is 0.311 e. The predicted molar refractivity (Wildman–Crippen MR) is 47.6 cm³/mol. The van der Waals surface area contributed by atoms with E-state index in [1.807, 2.05) is 0 Å². The lowest BCUT2D eigenvalue weighted by molar-refractivity contribution is -0.145. The van der Waals surface area contributed by atoms with Crippen molar-refractivity contribution in [2.75, 3.05) is 19.6 Å². The fraction of sp³-hybridized carbons (Fsp3) is 0.750. The molecule has 0 unspecified atom stereocenters. The minimum Gasteiger partial charge on any atom is -0.361 e. The summed E-state index contributed by atoms with van der Waals surface area (Å²) in [5.74, 6) is -0.960. The maximum Gasteiger partial charge on any atom is 0.311 e. The van der Waals surface area contributed by atoms with E-state index in [9.17, 15) is 9.59 Å². The summed E-state index contributed by atoms with van der Waals surface area (Å²) in [6.45, 7) is 1.85. The van der Waals surface area contributed by atoms with Crippen LogP contribution in [0.1, 0.15) is 12.8 Å². The SMILES string of the molecule is NCC1CCN(C(=O)C(N)=O)CC1. The van der Waals surface area contributed by atoms with Crippen molar-refractivity contribution in [2.24, 2.45) is 17.4 Å². The van der Waals surface area contributed by atoms with Crippen molar-refractivity contribution >= 4 is 11.8 Å². The number of likely N-dealkylation sites (tertiary alicyclic amines) is 1. The number of carbonyl (C=O) groups excluding carboxylic acids is 2. The monoisotopic (exact) mass is 185 g/mol. The molecule has 0 aromatic carbocycles. The number of primary amides is 1. The summed E-state index contributed by atoms with van der Waals surface area (Å²) in [7, 11) is 0. The molecule has 5 heteroatoms. The molecule has 2 amide bonds. The summed E-state index contributed by atoms with van der Waals surface area (Å²) in [6, 6.07) is 0. The molecule has 4 N–H and O–H groups in total. The van der Waals surface area contributed by atoms with E-state index in [2.05, 4.69) is 0 Å².